The van der Waals surface area contributed by atoms with Gasteiger partial charge in [-0.3, -0.25) is 4.68 Å². The highest BCUT2D eigenvalue weighted by Gasteiger charge is 2.17. The summed E-state index contributed by atoms with van der Waals surface area (Å²) in [6.45, 7) is 4.40. The molecule has 1 aromatic heterocycles. The van der Waals surface area contributed by atoms with Crippen LogP contribution in [-0.4, -0.2) is 20.9 Å². The molecular weight excluding hydrogens is 264 g/mol. The minimum absolute atomic E-state index is 0.0811. The summed E-state index contributed by atoms with van der Waals surface area (Å²) in [6, 6.07) is 7.42. The molecule has 0 spiro atoms. The van der Waals surface area contributed by atoms with Gasteiger partial charge in [-0.25, -0.2) is 4.79 Å². The van der Waals surface area contributed by atoms with E-state index < -0.39 is 5.97 Å². The Balaban J connectivity index is 2.28. The molecule has 0 aliphatic rings. The van der Waals surface area contributed by atoms with E-state index in [0.717, 1.165) is 5.56 Å². The van der Waals surface area contributed by atoms with Crippen molar-refractivity contribution in [3.63, 3.8) is 0 Å². The van der Waals surface area contributed by atoms with Gasteiger partial charge in [-0.2, -0.15) is 5.10 Å². The molecule has 1 heterocycles. The van der Waals surface area contributed by atoms with Crippen molar-refractivity contribution in [2.75, 3.05) is 0 Å². The quantitative estimate of drug-likeness (QED) is 0.932. The third-order valence-corrected chi connectivity index (χ3v) is 3.08. The molecule has 0 amide bonds. The standard InChI is InChI=1S/C14H15ClN2O2/c1-9(2)13-12(14(18)19)8-17(16-13)7-10-3-5-11(15)6-4-10/h3-6,8-9H,7H2,1-2H3,(H,18,19). The number of hydrogen-bond donors (Lipinski definition) is 1. The van der Waals surface area contributed by atoms with Crippen molar-refractivity contribution in [3.8, 4) is 0 Å². The Morgan fingerprint density at radius 1 is 1.37 bits per heavy atom. The van der Waals surface area contributed by atoms with Gasteiger partial charge in [-0.15, -0.1) is 0 Å². The summed E-state index contributed by atoms with van der Waals surface area (Å²) >= 11 is 5.83. The molecule has 1 N–H and O–H groups in total. The number of halogens is 1. The molecule has 0 unspecified atom stereocenters. The average molecular weight is 279 g/mol. The molecular formula is C14H15ClN2O2. The summed E-state index contributed by atoms with van der Waals surface area (Å²) in [5, 5.41) is 14.2. The number of benzene rings is 1. The van der Waals surface area contributed by atoms with Gasteiger partial charge in [0.1, 0.15) is 5.56 Å². The lowest BCUT2D eigenvalue weighted by Crippen LogP contribution is -2.02. The summed E-state index contributed by atoms with van der Waals surface area (Å²) in [5.41, 5.74) is 1.91. The summed E-state index contributed by atoms with van der Waals surface area (Å²) in [5.74, 6) is -0.858. The van der Waals surface area contributed by atoms with Crippen LogP contribution in [0.2, 0.25) is 5.02 Å². The number of hydrogen-bond acceptors (Lipinski definition) is 2. The molecule has 0 aliphatic heterocycles. The van der Waals surface area contributed by atoms with Crippen LogP contribution in [0.3, 0.4) is 0 Å². The zero-order chi connectivity index (χ0) is 14.0. The molecule has 1 aromatic carbocycles. The van der Waals surface area contributed by atoms with Gasteiger partial charge < -0.3 is 5.11 Å². The third-order valence-electron chi connectivity index (χ3n) is 2.83. The topological polar surface area (TPSA) is 55.1 Å². The lowest BCUT2D eigenvalue weighted by atomic mass is 10.1. The fourth-order valence-electron chi connectivity index (χ4n) is 1.89. The first kappa shape index (κ1) is 13.6. The predicted molar refractivity (Wildman–Crippen MR) is 73.8 cm³/mol. The minimum atomic E-state index is -0.939. The van der Waals surface area contributed by atoms with Gasteiger partial charge in [-0.05, 0) is 23.6 Å². The van der Waals surface area contributed by atoms with Gasteiger partial charge >= 0.3 is 5.97 Å². The fourth-order valence-corrected chi connectivity index (χ4v) is 2.01. The maximum Gasteiger partial charge on any atom is 0.339 e. The molecule has 0 radical (unpaired) electrons. The van der Waals surface area contributed by atoms with E-state index in [1.807, 2.05) is 38.1 Å². The fraction of sp³-hybridized carbons (Fsp3) is 0.286. The van der Waals surface area contributed by atoms with E-state index in [9.17, 15) is 4.79 Å². The molecule has 0 aliphatic carbocycles. The Labute approximate surface area is 116 Å². The normalized spacial score (nSPS) is 10.9. The van der Waals surface area contributed by atoms with Crippen molar-refractivity contribution in [3.05, 3.63) is 52.3 Å². The van der Waals surface area contributed by atoms with E-state index in [4.69, 9.17) is 16.7 Å². The summed E-state index contributed by atoms with van der Waals surface area (Å²) in [7, 11) is 0. The van der Waals surface area contributed by atoms with E-state index in [1.165, 1.54) is 0 Å². The maximum atomic E-state index is 11.2. The van der Waals surface area contributed by atoms with Crippen LogP contribution >= 0.6 is 11.6 Å². The Hall–Kier alpha value is -1.81. The summed E-state index contributed by atoms with van der Waals surface area (Å²) in [4.78, 5) is 11.2. The second-order valence-electron chi connectivity index (χ2n) is 4.71. The third kappa shape index (κ3) is 3.15. The van der Waals surface area contributed by atoms with E-state index in [2.05, 4.69) is 5.10 Å². The number of nitrogens with zero attached hydrogens (tertiary/aromatic N) is 2. The molecule has 0 atom stereocenters. The van der Waals surface area contributed by atoms with E-state index in [0.29, 0.717) is 17.3 Å². The van der Waals surface area contributed by atoms with Crippen LogP contribution in [0.5, 0.6) is 0 Å². The summed E-state index contributed by atoms with van der Waals surface area (Å²) < 4.78 is 1.65. The molecule has 4 nitrogen and oxygen atoms in total. The summed E-state index contributed by atoms with van der Waals surface area (Å²) in [6.07, 6.45) is 1.58. The average Bonchev–Trinajstić information content (AvgIpc) is 2.76. The Bertz CT molecular complexity index is 588. The Morgan fingerprint density at radius 2 is 2.00 bits per heavy atom. The van der Waals surface area contributed by atoms with Crippen molar-refractivity contribution in [2.45, 2.75) is 26.3 Å². The van der Waals surface area contributed by atoms with E-state index >= 15 is 0 Å². The number of rotatable bonds is 4. The second kappa shape index (κ2) is 5.45. The molecule has 2 aromatic rings. The molecule has 100 valence electrons. The van der Waals surface area contributed by atoms with Gasteiger partial charge in [-0.1, -0.05) is 37.6 Å². The zero-order valence-electron chi connectivity index (χ0n) is 10.8. The van der Waals surface area contributed by atoms with Gasteiger partial charge in [0.05, 0.1) is 12.2 Å². The number of aromatic nitrogens is 2. The molecule has 5 heteroatoms. The lowest BCUT2D eigenvalue weighted by Gasteiger charge is -2.03. The molecule has 0 fully saturated rings. The van der Waals surface area contributed by atoms with Crippen molar-refractivity contribution in [1.82, 2.24) is 9.78 Å². The molecule has 2 rings (SSSR count). The highest BCUT2D eigenvalue weighted by molar-refractivity contribution is 6.30. The lowest BCUT2D eigenvalue weighted by molar-refractivity contribution is 0.0695. The highest BCUT2D eigenvalue weighted by atomic mass is 35.5. The Morgan fingerprint density at radius 3 is 2.47 bits per heavy atom. The zero-order valence-corrected chi connectivity index (χ0v) is 11.6. The van der Waals surface area contributed by atoms with Gasteiger partial charge in [0, 0.05) is 11.2 Å². The SMILES string of the molecule is CC(C)c1nn(Cc2ccc(Cl)cc2)cc1C(=O)O. The first-order valence-corrected chi connectivity index (χ1v) is 6.40. The number of carboxylic acid groups (broad SMARTS) is 1. The van der Waals surface area contributed by atoms with Gasteiger partial charge in [0.2, 0.25) is 0 Å². The van der Waals surface area contributed by atoms with E-state index in [-0.39, 0.29) is 11.5 Å². The van der Waals surface area contributed by atoms with Crippen LogP contribution in [0.15, 0.2) is 30.5 Å². The monoisotopic (exact) mass is 278 g/mol. The highest BCUT2D eigenvalue weighted by Crippen LogP contribution is 2.18. The van der Waals surface area contributed by atoms with Crippen LogP contribution in [-0.2, 0) is 6.54 Å². The smallest absolute Gasteiger partial charge is 0.339 e. The van der Waals surface area contributed by atoms with Crippen molar-refractivity contribution in [1.29, 1.82) is 0 Å². The van der Waals surface area contributed by atoms with Gasteiger partial charge in [0.25, 0.3) is 0 Å². The molecule has 0 saturated carbocycles. The first-order chi connectivity index (χ1) is 8.97. The predicted octanol–water partition coefficient (Wildman–Crippen LogP) is 3.41. The number of carbonyl (C=O) groups is 1. The van der Waals surface area contributed by atoms with Crippen molar-refractivity contribution >= 4 is 17.6 Å². The maximum absolute atomic E-state index is 11.2. The Kier molecular flexibility index (Phi) is 3.90. The van der Waals surface area contributed by atoms with Crippen molar-refractivity contribution in [2.24, 2.45) is 0 Å². The van der Waals surface area contributed by atoms with Crippen LogP contribution in [0.4, 0.5) is 0 Å². The largest absolute Gasteiger partial charge is 0.478 e. The van der Waals surface area contributed by atoms with Gasteiger partial charge in [0.15, 0.2) is 0 Å². The number of aromatic carboxylic acids is 1. The van der Waals surface area contributed by atoms with Crippen LogP contribution in [0.1, 0.15) is 41.4 Å². The molecule has 0 saturated heterocycles. The second-order valence-corrected chi connectivity index (χ2v) is 5.15. The first-order valence-electron chi connectivity index (χ1n) is 6.02. The molecule has 0 bridgehead atoms. The van der Waals surface area contributed by atoms with Crippen molar-refractivity contribution < 1.29 is 9.90 Å². The molecule has 19 heavy (non-hydrogen) atoms. The van der Waals surface area contributed by atoms with Crippen LogP contribution in [0.25, 0.3) is 0 Å². The van der Waals surface area contributed by atoms with Crippen LogP contribution in [0, 0.1) is 0 Å². The number of carboxylic acids is 1. The minimum Gasteiger partial charge on any atom is -0.478 e. The van der Waals surface area contributed by atoms with Crippen LogP contribution < -0.4 is 0 Å². The van der Waals surface area contributed by atoms with E-state index in [1.54, 1.807) is 10.9 Å².